The fourth-order valence-electron chi connectivity index (χ4n) is 2.75. The zero-order valence-electron chi connectivity index (χ0n) is 14.4. The summed E-state index contributed by atoms with van der Waals surface area (Å²) in [7, 11) is 0. The SMILES string of the molecule is O=C(Nc1cccc(Oc2ccccc2)c1)Nc1ccnc2ccccc12. The monoisotopic (exact) mass is 355 g/mol. The number of nitrogens with zero attached hydrogens (tertiary/aromatic N) is 1. The van der Waals surface area contributed by atoms with E-state index in [1.165, 1.54) is 0 Å². The number of urea groups is 1. The predicted octanol–water partition coefficient (Wildman–Crippen LogP) is 5.67. The van der Waals surface area contributed by atoms with Gasteiger partial charge in [-0.3, -0.25) is 4.98 Å². The Kier molecular flexibility index (Phi) is 4.66. The largest absolute Gasteiger partial charge is 0.457 e. The highest BCUT2D eigenvalue weighted by atomic mass is 16.5. The smallest absolute Gasteiger partial charge is 0.323 e. The molecule has 0 unspecified atom stereocenters. The minimum atomic E-state index is -0.330. The summed E-state index contributed by atoms with van der Waals surface area (Å²) in [5.41, 5.74) is 2.17. The number of hydrogen-bond donors (Lipinski definition) is 2. The number of fused-ring (bicyclic) bond motifs is 1. The second kappa shape index (κ2) is 7.58. The molecule has 5 nitrogen and oxygen atoms in total. The molecule has 0 bridgehead atoms. The maximum Gasteiger partial charge on any atom is 0.323 e. The fourth-order valence-corrected chi connectivity index (χ4v) is 2.75. The zero-order chi connectivity index (χ0) is 18.5. The highest BCUT2D eigenvalue weighted by molar-refractivity contribution is 6.05. The molecule has 0 aliphatic rings. The molecular formula is C22H17N3O2. The molecule has 1 aromatic heterocycles. The van der Waals surface area contributed by atoms with Gasteiger partial charge in [0.2, 0.25) is 0 Å². The molecule has 2 amide bonds. The van der Waals surface area contributed by atoms with Gasteiger partial charge in [0, 0.05) is 23.3 Å². The van der Waals surface area contributed by atoms with Crippen LogP contribution in [0, 0.1) is 0 Å². The summed E-state index contributed by atoms with van der Waals surface area (Å²) in [6.07, 6.45) is 1.67. The lowest BCUT2D eigenvalue weighted by atomic mass is 10.2. The van der Waals surface area contributed by atoms with Gasteiger partial charge in [-0.2, -0.15) is 0 Å². The molecule has 132 valence electrons. The number of rotatable bonds is 4. The lowest BCUT2D eigenvalue weighted by molar-refractivity contribution is 0.262. The van der Waals surface area contributed by atoms with Crippen molar-refractivity contribution in [2.45, 2.75) is 0 Å². The first-order chi connectivity index (χ1) is 13.3. The molecule has 5 heteroatoms. The highest BCUT2D eigenvalue weighted by Crippen LogP contribution is 2.25. The van der Waals surface area contributed by atoms with Gasteiger partial charge in [0.15, 0.2) is 0 Å². The molecule has 27 heavy (non-hydrogen) atoms. The normalized spacial score (nSPS) is 10.4. The maximum atomic E-state index is 12.4. The van der Waals surface area contributed by atoms with Crippen molar-refractivity contribution in [2.24, 2.45) is 0 Å². The summed E-state index contributed by atoms with van der Waals surface area (Å²) < 4.78 is 5.80. The molecule has 2 N–H and O–H groups in total. The van der Waals surface area contributed by atoms with Crippen molar-refractivity contribution < 1.29 is 9.53 Å². The van der Waals surface area contributed by atoms with Crippen LogP contribution >= 0.6 is 0 Å². The number of benzene rings is 3. The Hall–Kier alpha value is -3.86. The average Bonchev–Trinajstić information content (AvgIpc) is 2.69. The molecular weight excluding hydrogens is 338 g/mol. The summed E-state index contributed by atoms with van der Waals surface area (Å²) >= 11 is 0. The van der Waals surface area contributed by atoms with Crippen LogP contribution in [-0.4, -0.2) is 11.0 Å². The maximum absolute atomic E-state index is 12.4. The molecule has 3 aromatic carbocycles. The van der Waals surface area contributed by atoms with Gasteiger partial charge in [-0.05, 0) is 36.4 Å². The Morgan fingerprint density at radius 3 is 2.44 bits per heavy atom. The van der Waals surface area contributed by atoms with Crippen molar-refractivity contribution in [1.82, 2.24) is 4.98 Å². The number of carbonyl (C=O) groups is 1. The minimum absolute atomic E-state index is 0.330. The van der Waals surface area contributed by atoms with E-state index in [0.29, 0.717) is 17.1 Å². The van der Waals surface area contributed by atoms with Gasteiger partial charge in [0.25, 0.3) is 0 Å². The first-order valence-corrected chi connectivity index (χ1v) is 8.53. The summed E-state index contributed by atoms with van der Waals surface area (Å²) in [6, 6.07) is 25.8. The van der Waals surface area contributed by atoms with Crippen LogP contribution in [0.4, 0.5) is 16.2 Å². The van der Waals surface area contributed by atoms with E-state index < -0.39 is 0 Å². The highest BCUT2D eigenvalue weighted by Gasteiger charge is 2.07. The third-order valence-corrected chi connectivity index (χ3v) is 3.97. The number of ether oxygens (including phenoxy) is 1. The van der Waals surface area contributed by atoms with E-state index >= 15 is 0 Å². The van der Waals surface area contributed by atoms with Gasteiger partial charge >= 0.3 is 6.03 Å². The molecule has 0 fully saturated rings. The summed E-state index contributed by atoms with van der Waals surface area (Å²) in [5.74, 6) is 1.38. The topological polar surface area (TPSA) is 63.2 Å². The molecule has 0 aliphatic carbocycles. The molecule has 0 aliphatic heterocycles. The summed E-state index contributed by atoms with van der Waals surface area (Å²) in [6.45, 7) is 0. The van der Waals surface area contributed by atoms with Crippen molar-refractivity contribution >= 4 is 28.3 Å². The van der Waals surface area contributed by atoms with E-state index in [1.807, 2.05) is 72.8 Å². The first kappa shape index (κ1) is 16.6. The van der Waals surface area contributed by atoms with Crippen LogP contribution in [0.5, 0.6) is 11.5 Å². The average molecular weight is 355 g/mol. The van der Waals surface area contributed by atoms with Crippen molar-refractivity contribution in [1.29, 1.82) is 0 Å². The number of anilines is 2. The van der Waals surface area contributed by atoms with Gasteiger partial charge in [-0.25, -0.2) is 4.79 Å². The number of nitrogens with one attached hydrogen (secondary N) is 2. The Labute approximate surface area is 156 Å². The van der Waals surface area contributed by atoms with Crippen LogP contribution in [0.2, 0.25) is 0 Å². The molecule has 0 atom stereocenters. The van der Waals surface area contributed by atoms with E-state index in [9.17, 15) is 4.79 Å². The third-order valence-electron chi connectivity index (χ3n) is 3.97. The first-order valence-electron chi connectivity index (χ1n) is 8.53. The van der Waals surface area contributed by atoms with Gasteiger partial charge in [0.1, 0.15) is 11.5 Å². The predicted molar refractivity (Wildman–Crippen MR) is 107 cm³/mol. The Morgan fingerprint density at radius 2 is 1.56 bits per heavy atom. The van der Waals surface area contributed by atoms with Crippen LogP contribution in [0.25, 0.3) is 10.9 Å². The summed E-state index contributed by atoms with van der Waals surface area (Å²) in [5, 5.41) is 6.59. The molecule has 1 heterocycles. The van der Waals surface area contributed by atoms with E-state index in [-0.39, 0.29) is 6.03 Å². The van der Waals surface area contributed by atoms with Crippen molar-refractivity contribution in [3.63, 3.8) is 0 Å². The molecule has 0 radical (unpaired) electrons. The Bertz CT molecular complexity index is 1080. The van der Waals surface area contributed by atoms with Crippen LogP contribution in [0.3, 0.4) is 0 Å². The number of amides is 2. The van der Waals surface area contributed by atoms with Crippen molar-refractivity contribution in [3.8, 4) is 11.5 Å². The Balaban J connectivity index is 1.47. The van der Waals surface area contributed by atoms with Gasteiger partial charge in [-0.1, -0.05) is 42.5 Å². The van der Waals surface area contributed by atoms with Crippen LogP contribution in [0.1, 0.15) is 0 Å². The van der Waals surface area contributed by atoms with Gasteiger partial charge in [0.05, 0.1) is 11.2 Å². The number of para-hydroxylation sites is 2. The zero-order valence-corrected chi connectivity index (χ0v) is 14.4. The quantitative estimate of drug-likeness (QED) is 0.496. The Morgan fingerprint density at radius 1 is 0.778 bits per heavy atom. The molecule has 0 spiro atoms. The van der Waals surface area contributed by atoms with E-state index in [2.05, 4.69) is 15.6 Å². The van der Waals surface area contributed by atoms with Crippen LogP contribution in [-0.2, 0) is 0 Å². The second-order valence-electron chi connectivity index (χ2n) is 5.90. The molecule has 0 saturated heterocycles. The summed E-state index contributed by atoms with van der Waals surface area (Å²) in [4.78, 5) is 16.7. The van der Waals surface area contributed by atoms with Gasteiger partial charge < -0.3 is 15.4 Å². The van der Waals surface area contributed by atoms with E-state index in [1.54, 1.807) is 18.3 Å². The number of pyridine rings is 1. The molecule has 4 aromatic rings. The van der Waals surface area contributed by atoms with Gasteiger partial charge in [-0.15, -0.1) is 0 Å². The van der Waals surface area contributed by atoms with E-state index in [0.717, 1.165) is 16.7 Å². The number of carbonyl (C=O) groups excluding carboxylic acids is 1. The molecule has 0 saturated carbocycles. The lowest BCUT2D eigenvalue weighted by Crippen LogP contribution is -2.19. The minimum Gasteiger partial charge on any atom is -0.457 e. The molecule has 4 rings (SSSR count). The second-order valence-corrected chi connectivity index (χ2v) is 5.90. The van der Waals surface area contributed by atoms with Crippen molar-refractivity contribution in [2.75, 3.05) is 10.6 Å². The number of aromatic nitrogens is 1. The van der Waals surface area contributed by atoms with Crippen molar-refractivity contribution in [3.05, 3.63) is 91.1 Å². The van der Waals surface area contributed by atoms with E-state index in [4.69, 9.17) is 4.74 Å². The van der Waals surface area contributed by atoms with Crippen LogP contribution < -0.4 is 15.4 Å². The lowest BCUT2D eigenvalue weighted by Gasteiger charge is -2.11. The standard InChI is InChI=1S/C22H17N3O2/c26-22(25-21-13-14-23-20-12-5-4-11-19(20)21)24-16-7-6-10-18(15-16)27-17-8-2-1-3-9-17/h1-15H,(H2,23,24,25,26). The van der Waals surface area contributed by atoms with Crippen LogP contribution in [0.15, 0.2) is 91.1 Å². The fraction of sp³-hybridized carbons (Fsp3) is 0. The third kappa shape index (κ3) is 4.04. The number of hydrogen-bond acceptors (Lipinski definition) is 3.